The highest BCUT2D eigenvalue weighted by molar-refractivity contribution is 5.92. The van der Waals surface area contributed by atoms with Crippen LogP contribution in [0.5, 0.6) is 0 Å². The van der Waals surface area contributed by atoms with Crippen molar-refractivity contribution in [2.45, 2.75) is 59.5 Å². The van der Waals surface area contributed by atoms with Crippen LogP contribution >= 0.6 is 0 Å². The van der Waals surface area contributed by atoms with Crippen molar-refractivity contribution in [1.82, 2.24) is 0 Å². The zero-order valence-corrected chi connectivity index (χ0v) is 16.9. The highest BCUT2D eigenvalue weighted by atomic mass is 16.3. The van der Waals surface area contributed by atoms with E-state index in [1.807, 2.05) is 0 Å². The Morgan fingerprint density at radius 1 is 1.33 bits per heavy atom. The van der Waals surface area contributed by atoms with Crippen molar-refractivity contribution in [2.75, 3.05) is 6.61 Å². The van der Waals surface area contributed by atoms with Crippen LogP contribution in [0.3, 0.4) is 0 Å². The van der Waals surface area contributed by atoms with Crippen LogP contribution in [0, 0.1) is 40.4 Å². The van der Waals surface area contributed by atoms with E-state index in [0.717, 1.165) is 24.0 Å². The quantitative estimate of drug-likeness (QED) is 0.781. The zero-order valence-electron chi connectivity index (χ0n) is 16.9. The molecule has 0 radical (unpaired) electrons. The van der Waals surface area contributed by atoms with Gasteiger partial charge in [-0.25, -0.2) is 0 Å². The van der Waals surface area contributed by atoms with E-state index in [-0.39, 0.29) is 46.1 Å². The Bertz CT molecular complexity index is 749. The van der Waals surface area contributed by atoms with Crippen molar-refractivity contribution in [2.24, 2.45) is 40.4 Å². The van der Waals surface area contributed by atoms with E-state index in [0.29, 0.717) is 18.8 Å². The van der Waals surface area contributed by atoms with Crippen LogP contribution in [-0.2, 0) is 9.59 Å². The summed E-state index contributed by atoms with van der Waals surface area (Å²) in [5.41, 5.74) is 1.81. The predicted molar refractivity (Wildman–Crippen MR) is 103 cm³/mol. The van der Waals surface area contributed by atoms with Gasteiger partial charge in [-0.2, -0.15) is 0 Å². The molecule has 27 heavy (non-hydrogen) atoms. The highest BCUT2D eigenvalue weighted by Crippen LogP contribution is 2.67. The SMILES string of the molecule is CC1=C[C@@H]2[C@H]([C@@H](O)C[C@@]3(C)[C@H]2C[C@@H](C)[C@@H]3C(=O)CO)[C@@]2(C)CCC(=O)C=C12. The highest BCUT2D eigenvalue weighted by Gasteiger charge is 2.64. The number of allylic oxidation sites excluding steroid dienone is 4. The second-order valence-corrected chi connectivity index (χ2v) is 10.1. The van der Waals surface area contributed by atoms with Crippen molar-refractivity contribution in [3.63, 3.8) is 0 Å². The van der Waals surface area contributed by atoms with Crippen LogP contribution in [0.25, 0.3) is 0 Å². The molecule has 0 spiro atoms. The number of carbonyl (C=O) groups excluding carboxylic acids is 2. The first kappa shape index (κ1) is 19.1. The van der Waals surface area contributed by atoms with Gasteiger partial charge in [0.05, 0.1) is 6.10 Å². The number of hydrogen-bond acceptors (Lipinski definition) is 4. The van der Waals surface area contributed by atoms with E-state index in [1.54, 1.807) is 6.08 Å². The summed E-state index contributed by atoms with van der Waals surface area (Å²) in [6.45, 7) is 8.17. The minimum atomic E-state index is -0.499. The van der Waals surface area contributed by atoms with Gasteiger partial charge in [0.1, 0.15) is 6.61 Å². The Morgan fingerprint density at radius 3 is 2.70 bits per heavy atom. The van der Waals surface area contributed by atoms with Crippen molar-refractivity contribution in [3.05, 3.63) is 23.3 Å². The first-order chi connectivity index (χ1) is 12.6. The molecular weight excluding hydrogens is 340 g/mol. The molecule has 2 saturated carbocycles. The molecule has 2 fully saturated rings. The molecule has 0 aromatic heterocycles. The molecule has 4 aliphatic rings. The molecule has 0 amide bonds. The first-order valence-electron chi connectivity index (χ1n) is 10.4. The molecule has 0 aliphatic heterocycles. The van der Waals surface area contributed by atoms with Gasteiger partial charge in [-0.15, -0.1) is 0 Å². The maximum atomic E-state index is 12.5. The van der Waals surface area contributed by atoms with E-state index in [4.69, 9.17) is 0 Å². The second-order valence-electron chi connectivity index (χ2n) is 10.1. The standard InChI is InChI=1S/C23H32O4/c1-12-7-15-17-8-13(2)20(19(27)11-24)23(17,4)10-18(26)21(15)22(3)6-5-14(25)9-16(12)22/h7,9,13,15,17-18,20-21,24,26H,5-6,8,10-11H2,1-4H3/t13-,15+,17+,18+,20-,21-,22+,23+/m1/s1. The Morgan fingerprint density at radius 2 is 2.04 bits per heavy atom. The van der Waals surface area contributed by atoms with E-state index >= 15 is 0 Å². The summed E-state index contributed by atoms with van der Waals surface area (Å²) in [5.74, 6) is 0.775. The van der Waals surface area contributed by atoms with Crippen LogP contribution in [0.2, 0.25) is 0 Å². The average Bonchev–Trinajstić information content (AvgIpc) is 2.85. The number of aliphatic hydroxyl groups excluding tert-OH is 2. The third-order valence-electron chi connectivity index (χ3n) is 8.61. The minimum Gasteiger partial charge on any atom is -0.393 e. The Balaban J connectivity index is 1.82. The van der Waals surface area contributed by atoms with Crippen molar-refractivity contribution in [3.8, 4) is 0 Å². The normalized spacial score (nSPS) is 48.9. The second kappa shape index (κ2) is 6.12. The summed E-state index contributed by atoms with van der Waals surface area (Å²) in [5, 5.41) is 20.8. The van der Waals surface area contributed by atoms with Crippen molar-refractivity contribution >= 4 is 11.6 Å². The van der Waals surface area contributed by atoms with E-state index in [2.05, 4.69) is 33.8 Å². The third kappa shape index (κ3) is 2.49. The molecule has 4 aliphatic carbocycles. The van der Waals surface area contributed by atoms with Crippen molar-refractivity contribution < 1.29 is 19.8 Å². The minimum absolute atomic E-state index is 0.0790. The monoisotopic (exact) mass is 372 g/mol. The molecule has 0 bridgehead atoms. The Hall–Kier alpha value is -1.26. The first-order valence-corrected chi connectivity index (χ1v) is 10.4. The number of ketones is 2. The van der Waals surface area contributed by atoms with Gasteiger partial charge < -0.3 is 10.2 Å². The van der Waals surface area contributed by atoms with Gasteiger partial charge in [0.25, 0.3) is 0 Å². The van der Waals surface area contributed by atoms with Crippen LogP contribution in [0.1, 0.15) is 53.4 Å². The Labute approximate surface area is 161 Å². The topological polar surface area (TPSA) is 74.6 Å². The number of carbonyl (C=O) groups is 2. The van der Waals surface area contributed by atoms with Gasteiger partial charge in [0.2, 0.25) is 0 Å². The van der Waals surface area contributed by atoms with E-state index in [1.165, 1.54) is 0 Å². The molecule has 8 atom stereocenters. The van der Waals surface area contributed by atoms with Gasteiger partial charge >= 0.3 is 0 Å². The smallest absolute Gasteiger partial charge is 0.162 e. The average molecular weight is 373 g/mol. The molecule has 4 rings (SSSR count). The van der Waals surface area contributed by atoms with Crippen molar-refractivity contribution in [1.29, 1.82) is 0 Å². The number of rotatable bonds is 2. The molecule has 0 heterocycles. The number of fused-ring (bicyclic) bond motifs is 5. The fourth-order valence-electron chi connectivity index (χ4n) is 7.70. The summed E-state index contributed by atoms with van der Waals surface area (Å²) >= 11 is 0. The Kier molecular flexibility index (Phi) is 4.32. The third-order valence-corrected chi connectivity index (χ3v) is 8.61. The molecule has 4 nitrogen and oxygen atoms in total. The van der Waals surface area contributed by atoms with Crippen LogP contribution in [-0.4, -0.2) is 34.5 Å². The molecule has 0 aromatic carbocycles. The van der Waals surface area contributed by atoms with Crippen LogP contribution in [0.15, 0.2) is 23.3 Å². The van der Waals surface area contributed by atoms with Crippen LogP contribution in [0.4, 0.5) is 0 Å². The lowest BCUT2D eigenvalue weighted by Gasteiger charge is -2.58. The van der Waals surface area contributed by atoms with Gasteiger partial charge in [0.15, 0.2) is 11.6 Å². The lowest BCUT2D eigenvalue weighted by molar-refractivity contribution is -0.140. The molecule has 4 heteroatoms. The summed E-state index contributed by atoms with van der Waals surface area (Å²) in [6.07, 6.45) is 6.48. The van der Waals surface area contributed by atoms with Crippen LogP contribution < -0.4 is 0 Å². The molecule has 0 unspecified atom stereocenters. The maximum Gasteiger partial charge on any atom is 0.162 e. The van der Waals surface area contributed by atoms with Gasteiger partial charge in [-0.1, -0.05) is 32.4 Å². The summed E-state index contributed by atoms with van der Waals surface area (Å²) < 4.78 is 0. The zero-order chi connectivity index (χ0) is 19.7. The summed E-state index contributed by atoms with van der Waals surface area (Å²) in [7, 11) is 0. The molecule has 0 saturated heterocycles. The largest absolute Gasteiger partial charge is 0.393 e. The molecule has 148 valence electrons. The predicted octanol–water partition coefficient (Wildman–Crippen LogP) is 3.08. The maximum absolute atomic E-state index is 12.5. The number of hydrogen-bond donors (Lipinski definition) is 2. The molecular formula is C23H32O4. The number of aliphatic hydroxyl groups is 2. The van der Waals surface area contributed by atoms with Gasteiger partial charge in [-0.05, 0) is 66.4 Å². The summed E-state index contributed by atoms with van der Waals surface area (Å²) in [4.78, 5) is 24.6. The number of Topliss-reactive ketones (excluding diaryl/α,β-unsaturated/α-hetero) is 1. The fraction of sp³-hybridized carbons (Fsp3) is 0.739. The lowest BCUT2D eigenvalue weighted by Crippen LogP contribution is -2.56. The molecule has 0 aromatic rings. The summed E-state index contributed by atoms with van der Waals surface area (Å²) in [6, 6.07) is 0. The fourth-order valence-corrected chi connectivity index (χ4v) is 7.70. The van der Waals surface area contributed by atoms with Gasteiger partial charge in [0, 0.05) is 18.3 Å². The van der Waals surface area contributed by atoms with Gasteiger partial charge in [-0.3, -0.25) is 9.59 Å². The lowest BCUT2D eigenvalue weighted by atomic mass is 9.46. The van der Waals surface area contributed by atoms with E-state index in [9.17, 15) is 19.8 Å². The molecule has 2 N–H and O–H groups in total. The van der Waals surface area contributed by atoms with E-state index < -0.39 is 12.7 Å².